The molecule has 0 radical (unpaired) electrons. The van der Waals surface area contributed by atoms with Crippen LogP contribution in [-0.4, -0.2) is 75.2 Å². The summed E-state index contributed by atoms with van der Waals surface area (Å²) in [5.74, 6) is 0.158. The van der Waals surface area contributed by atoms with E-state index < -0.39 is 19.9 Å². The van der Waals surface area contributed by atoms with Crippen molar-refractivity contribution >= 4 is 25.8 Å². The minimum absolute atomic E-state index is 0.0587. The molecule has 2 aliphatic rings. The number of carbonyl (C=O) groups excluding carboxylic acids is 1. The molecule has 1 aromatic carbocycles. The van der Waals surface area contributed by atoms with E-state index in [2.05, 4.69) is 5.32 Å². The molecular formula is C23H37N3O5S2. The van der Waals surface area contributed by atoms with Crippen LogP contribution in [0.15, 0.2) is 29.2 Å². The Bertz CT molecular complexity index is 1010. The number of sulfonamides is 1. The van der Waals surface area contributed by atoms with Gasteiger partial charge >= 0.3 is 0 Å². The smallest absolute Gasteiger partial charge is 0.243 e. The number of nitrogens with one attached hydrogen (secondary N) is 1. The van der Waals surface area contributed by atoms with Crippen molar-refractivity contribution in [1.29, 1.82) is 0 Å². The molecule has 2 fully saturated rings. The number of hydrogen-bond donors (Lipinski definition) is 1. The van der Waals surface area contributed by atoms with Gasteiger partial charge in [0.25, 0.3) is 0 Å². The third-order valence-corrected chi connectivity index (χ3v) is 10.7. The van der Waals surface area contributed by atoms with Crippen molar-refractivity contribution in [3.63, 3.8) is 0 Å². The lowest BCUT2D eigenvalue weighted by molar-refractivity contribution is -0.134. The van der Waals surface area contributed by atoms with Gasteiger partial charge in [0.05, 0.1) is 22.9 Å². The van der Waals surface area contributed by atoms with E-state index in [0.717, 1.165) is 31.2 Å². The first-order valence-electron chi connectivity index (χ1n) is 11.9. The van der Waals surface area contributed by atoms with Gasteiger partial charge in [-0.25, -0.2) is 16.8 Å². The van der Waals surface area contributed by atoms with Crippen LogP contribution in [-0.2, 0) is 24.7 Å². The second-order valence-electron chi connectivity index (χ2n) is 9.06. The zero-order valence-electron chi connectivity index (χ0n) is 19.9. The van der Waals surface area contributed by atoms with E-state index in [0.29, 0.717) is 19.5 Å². The van der Waals surface area contributed by atoms with E-state index in [4.69, 9.17) is 0 Å². The molecule has 0 unspecified atom stereocenters. The molecule has 1 N–H and O–H groups in total. The number of benzene rings is 1. The fourth-order valence-electron chi connectivity index (χ4n) is 4.97. The summed E-state index contributed by atoms with van der Waals surface area (Å²) in [6.45, 7) is 6.51. The summed E-state index contributed by atoms with van der Waals surface area (Å²) < 4.78 is 50.8. The summed E-state index contributed by atoms with van der Waals surface area (Å²) in [5, 5.41) is 3.25. The molecule has 1 saturated heterocycles. The van der Waals surface area contributed by atoms with Crippen molar-refractivity contribution in [2.24, 2.45) is 0 Å². The lowest BCUT2D eigenvalue weighted by Gasteiger charge is -2.34. The van der Waals surface area contributed by atoms with Gasteiger partial charge in [0.1, 0.15) is 0 Å². The highest BCUT2D eigenvalue weighted by molar-refractivity contribution is 7.91. The molecule has 1 amide bonds. The predicted octanol–water partition coefficient (Wildman–Crippen LogP) is 2.33. The second-order valence-corrected chi connectivity index (χ2v) is 13.2. The molecule has 0 spiro atoms. The van der Waals surface area contributed by atoms with E-state index in [1.54, 1.807) is 24.3 Å². The van der Waals surface area contributed by atoms with E-state index in [9.17, 15) is 21.6 Å². The average Bonchev–Trinajstić information content (AvgIpc) is 3.43. The first kappa shape index (κ1) is 26.1. The second kappa shape index (κ2) is 10.8. The van der Waals surface area contributed by atoms with Crippen LogP contribution in [0.1, 0.15) is 64.5 Å². The Kier molecular flexibility index (Phi) is 8.58. The van der Waals surface area contributed by atoms with Gasteiger partial charge < -0.3 is 10.2 Å². The van der Waals surface area contributed by atoms with Crippen molar-refractivity contribution in [2.45, 2.75) is 75.9 Å². The topological polar surface area (TPSA) is 104 Å². The normalized spacial score (nSPS) is 22.0. The zero-order valence-corrected chi connectivity index (χ0v) is 21.5. The molecule has 0 bridgehead atoms. The number of carbonyl (C=O) groups is 1. The highest BCUT2D eigenvalue weighted by Gasteiger charge is 2.38. The Morgan fingerprint density at radius 3 is 2.18 bits per heavy atom. The maximum atomic E-state index is 13.2. The Morgan fingerprint density at radius 1 is 1.06 bits per heavy atom. The Balaban J connectivity index is 1.65. The van der Waals surface area contributed by atoms with Crippen LogP contribution in [0.5, 0.6) is 0 Å². The molecule has 1 aliphatic heterocycles. The highest BCUT2D eigenvalue weighted by atomic mass is 32.2. The maximum Gasteiger partial charge on any atom is 0.243 e. The van der Waals surface area contributed by atoms with Crippen LogP contribution in [0, 0.1) is 0 Å². The van der Waals surface area contributed by atoms with Gasteiger partial charge in [-0.05, 0) is 43.9 Å². The minimum Gasteiger partial charge on any atom is -0.335 e. The Labute approximate surface area is 198 Å². The van der Waals surface area contributed by atoms with Crippen LogP contribution in [0.3, 0.4) is 0 Å². The van der Waals surface area contributed by atoms with Crippen molar-refractivity contribution in [3.05, 3.63) is 29.8 Å². The van der Waals surface area contributed by atoms with Gasteiger partial charge in [0, 0.05) is 31.2 Å². The minimum atomic E-state index is -3.51. The van der Waals surface area contributed by atoms with E-state index in [1.165, 1.54) is 4.31 Å². The SMILES string of the molecule is CCN(CC)S(=O)(=O)c1ccc([C@H](C)NCC(=O)N(C2CCCC2)[C@H]2CCS(=O)(=O)C2)cc1. The standard InChI is InChI=1S/C23H37N3O5S2/c1-4-25(5-2)33(30,31)22-12-10-19(11-13-22)18(3)24-16-23(27)26(20-8-6-7-9-20)21-14-15-32(28,29)17-21/h10-13,18,20-21,24H,4-9,14-17H2,1-3H3/t18-,21-/m0/s1. The summed E-state index contributed by atoms with van der Waals surface area (Å²) >= 11 is 0. The molecule has 1 saturated carbocycles. The quantitative estimate of drug-likeness (QED) is 0.530. The molecule has 186 valence electrons. The Hall–Kier alpha value is -1.49. The number of nitrogens with zero attached hydrogens (tertiary/aromatic N) is 2. The van der Waals surface area contributed by atoms with E-state index >= 15 is 0 Å². The summed E-state index contributed by atoms with van der Waals surface area (Å²) in [6, 6.07) is 6.50. The van der Waals surface area contributed by atoms with Gasteiger partial charge in [0.15, 0.2) is 9.84 Å². The van der Waals surface area contributed by atoms with Gasteiger partial charge in [-0.1, -0.05) is 38.8 Å². The van der Waals surface area contributed by atoms with Gasteiger partial charge in [-0.2, -0.15) is 4.31 Å². The van der Waals surface area contributed by atoms with Crippen LogP contribution in [0.25, 0.3) is 0 Å². The lowest BCUT2D eigenvalue weighted by atomic mass is 10.1. The van der Waals surface area contributed by atoms with Crippen molar-refractivity contribution in [1.82, 2.24) is 14.5 Å². The van der Waals surface area contributed by atoms with Crippen LogP contribution >= 0.6 is 0 Å². The van der Waals surface area contributed by atoms with Crippen LogP contribution < -0.4 is 5.32 Å². The van der Waals surface area contributed by atoms with Gasteiger partial charge in [0.2, 0.25) is 15.9 Å². The largest absolute Gasteiger partial charge is 0.335 e. The maximum absolute atomic E-state index is 13.2. The lowest BCUT2D eigenvalue weighted by Crippen LogP contribution is -2.50. The molecular weight excluding hydrogens is 462 g/mol. The van der Waals surface area contributed by atoms with E-state index in [1.807, 2.05) is 25.7 Å². The average molecular weight is 500 g/mol. The van der Waals surface area contributed by atoms with Crippen molar-refractivity contribution < 1.29 is 21.6 Å². The molecule has 3 rings (SSSR count). The zero-order chi connectivity index (χ0) is 24.2. The van der Waals surface area contributed by atoms with Gasteiger partial charge in [-0.15, -0.1) is 0 Å². The first-order valence-corrected chi connectivity index (χ1v) is 15.2. The summed E-state index contributed by atoms with van der Waals surface area (Å²) in [7, 11) is -6.58. The molecule has 0 aromatic heterocycles. The monoisotopic (exact) mass is 499 g/mol. The number of rotatable bonds is 10. The van der Waals surface area contributed by atoms with Crippen LogP contribution in [0.2, 0.25) is 0 Å². The third kappa shape index (κ3) is 6.15. The molecule has 8 nitrogen and oxygen atoms in total. The Morgan fingerprint density at radius 2 is 1.67 bits per heavy atom. The third-order valence-electron chi connectivity index (χ3n) is 6.89. The summed E-state index contributed by atoms with van der Waals surface area (Å²) in [4.78, 5) is 15.3. The number of sulfone groups is 1. The fourth-order valence-corrected chi connectivity index (χ4v) is 8.14. The molecule has 1 heterocycles. The fraction of sp³-hybridized carbons (Fsp3) is 0.696. The van der Waals surface area contributed by atoms with E-state index in [-0.39, 0.29) is 47.0 Å². The van der Waals surface area contributed by atoms with Crippen molar-refractivity contribution in [3.8, 4) is 0 Å². The summed E-state index contributed by atoms with van der Waals surface area (Å²) in [5.41, 5.74) is 0.886. The van der Waals surface area contributed by atoms with Gasteiger partial charge in [-0.3, -0.25) is 4.79 Å². The van der Waals surface area contributed by atoms with Crippen LogP contribution in [0.4, 0.5) is 0 Å². The highest BCUT2D eigenvalue weighted by Crippen LogP contribution is 2.29. The predicted molar refractivity (Wildman–Crippen MR) is 129 cm³/mol. The summed E-state index contributed by atoms with van der Waals surface area (Å²) in [6.07, 6.45) is 4.52. The molecule has 1 aliphatic carbocycles. The molecule has 1 aromatic rings. The molecule has 2 atom stereocenters. The molecule has 10 heteroatoms. The first-order chi connectivity index (χ1) is 15.6. The molecule has 33 heavy (non-hydrogen) atoms. The van der Waals surface area contributed by atoms with Crippen molar-refractivity contribution in [2.75, 3.05) is 31.1 Å². The number of hydrogen-bond acceptors (Lipinski definition) is 6. The number of amides is 1.